The number of ether oxygens (including phenoxy) is 2. The van der Waals surface area contributed by atoms with Crippen molar-refractivity contribution in [3.63, 3.8) is 0 Å². The van der Waals surface area contributed by atoms with Crippen LogP contribution in [0.4, 0.5) is 0 Å². The van der Waals surface area contributed by atoms with Crippen molar-refractivity contribution in [2.75, 3.05) is 46.4 Å². The molecule has 1 N–H and O–H groups in total. The molecular weight excluding hydrogens is 435 g/mol. The lowest BCUT2D eigenvalue weighted by Crippen LogP contribution is -2.48. The van der Waals surface area contributed by atoms with Crippen LogP contribution in [0.2, 0.25) is 0 Å². The van der Waals surface area contributed by atoms with Crippen LogP contribution in [-0.2, 0) is 13.0 Å². The molecule has 7 heteroatoms. The van der Waals surface area contributed by atoms with Crippen molar-refractivity contribution >= 4 is 24.8 Å². The molecule has 5 nitrogen and oxygen atoms in total. The molecule has 0 aliphatic carbocycles. The van der Waals surface area contributed by atoms with Crippen molar-refractivity contribution in [2.45, 2.75) is 19.1 Å². The molecule has 0 radical (unpaired) electrons. The van der Waals surface area contributed by atoms with Crippen LogP contribution >= 0.6 is 24.8 Å². The smallest absolute Gasteiger partial charge is 0.161 e. The highest BCUT2D eigenvalue weighted by atomic mass is 35.5. The maximum atomic E-state index is 10.4. The molecule has 0 aromatic heterocycles. The third-order valence-electron chi connectivity index (χ3n) is 5.22. The first-order chi connectivity index (χ1) is 14.2. The summed E-state index contributed by atoms with van der Waals surface area (Å²) < 4.78 is 11.2. The number of aliphatic hydroxyl groups is 1. The minimum atomic E-state index is -0.534. The molecule has 0 saturated carbocycles. The summed E-state index contributed by atoms with van der Waals surface area (Å²) in [7, 11) is 1.63. The normalized spacial score (nSPS) is 15.3. The van der Waals surface area contributed by atoms with Crippen LogP contribution in [0.3, 0.4) is 0 Å². The van der Waals surface area contributed by atoms with E-state index in [1.54, 1.807) is 7.11 Å². The van der Waals surface area contributed by atoms with Gasteiger partial charge in [0.25, 0.3) is 0 Å². The van der Waals surface area contributed by atoms with Crippen molar-refractivity contribution in [1.82, 2.24) is 9.80 Å². The minimum absolute atomic E-state index is 0. The first kappa shape index (κ1) is 27.3. The fraction of sp³-hybridized carbons (Fsp3) is 0.417. The van der Waals surface area contributed by atoms with Crippen LogP contribution in [0.25, 0.3) is 0 Å². The maximum Gasteiger partial charge on any atom is 0.161 e. The van der Waals surface area contributed by atoms with Gasteiger partial charge in [0.1, 0.15) is 12.7 Å². The van der Waals surface area contributed by atoms with E-state index in [4.69, 9.17) is 9.47 Å². The summed E-state index contributed by atoms with van der Waals surface area (Å²) in [6.07, 6.45) is 2.11. The van der Waals surface area contributed by atoms with Gasteiger partial charge in [-0.2, -0.15) is 0 Å². The van der Waals surface area contributed by atoms with Crippen molar-refractivity contribution in [2.24, 2.45) is 0 Å². The second kappa shape index (κ2) is 14.3. The van der Waals surface area contributed by atoms with Gasteiger partial charge in [0.15, 0.2) is 11.5 Å². The monoisotopic (exact) mass is 468 g/mol. The number of hydrogen-bond donors (Lipinski definition) is 1. The molecule has 1 fully saturated rings. The Kier molecular flexibility index (Phi) is 12.6. The van der Waals surface area contributed by atoms with Gasteiger partial charge in [0.05, 0.1) is 7.11 Å². The maximum absolute atomic E-state index is 10.4. The number of allylic oxidation sites excluding steroid dienone is 1. The van der Waals surface area contributed by atoms with Gasteiger partial charge in [0, 0.05) is 39.3 Å². The van der Waals surface area contributed by atoms with E-state index in [0.717, 1.165) is 44.7 Å². The third-order valence-corrected chi connectivity index (χ3v) is 5.22. The van der Waals surface area contributed by atoms with Crippen molar-refractivity contribution in [3.05, 3.63) is 72.3 Å². The van der Waals surface area contributed by atoms with Gasteiger partial charge in [-0.15, -0.1) is 31.4 Å². The Morgan fingerprint density at radius 1 is 0.968 bits per heavy atom. The Balaban J connectivity index is 0.00000240. The first-order valence-corrected chi connectivity index (χ1v) is 10.2. The standard InChI is InChI=1S/C24H32N2O3.2ClH/c1-3-7-20-10-11-23(24(16-20)28-2)29-19-22(27)18-26-14-12-25(13-15-26)17-21-8-5-4-6-9-21;;/h3-6,8-11,16,22,27H,1,7,12-15,17-19H2,2H3;2*1H. The predicted molar refractivity (Wildman–Crippen MR) is 131 cm³/mol. The molecular formula is C24H34Cl2N2O3. The molecule has 2 aromatic rings. The number of rotatable bonds is 10. The molecule has 0 amide bonds. The molecule has 1 unspecified atom stereocenters. The molecule has 0 spiro atoms. The number of aliphatic hydroxyl groups excluding tert-OH is 1. The molecule has 1 heterocycles. The fourth-order valence-corrected chi connectivity index (χ4v) is 3.63. The molecule has 0 bridgehead atoms. The lowest BCUT2D eigenvalue weighted by molar-refractivity contribution is 0.0440. The van der Waals surface area contributed by atoms with E-state index in [-0.39, 0.29) is 31.4 Å². The summed E-state index contributed by atoms with van der Waals surface area (Å²) >= 11 is 0. The molecule has 1 aliphatic rings. The summed E-state index contributed by atoms with van der Waals surface area (Å²) in [5, 5.41) is 10.4. The van der Waals surface area contributed by atoms with Crippen molar-refractivity contribution in [3.8, 4) is 11.5 Å². The van der Waals surface area contributed by atoms with Crippen molar-refractivity contribution in [1.29, 1.82) is 0 Å². The van der Waals surface area contributed by atoms with E-state index in [0.29, 0.717) is 18.0 Å². The van der Waals surface area contributed by atoms with Crippen LogP contribution in [0.15, 0.2) is 61.2 Å². The molecule has 3 rings (SSSR count). The zero-order chi connectivity index (χ0) is 20.5. The van der Waals surface area contributed by atoms with Gasteiger partial charge in [-0.1, -0.05) is 42.5 Å². The van der Waals surface area contributed by atoms with E-state index in [1.165, 1.54) is 5.56 Å². The topological polar surface area (TPSA) is 45.2 Å². The summed E-state index contributed by atoms with van der Waals surface area (Å²) in [6.45, 7) is 9.58. The zero-order valence-electron chi connectivity index (χ0n) is 18.1. The van der Waals surface area contributed by atoms with E-state index in [2.05, 4.69) is 46.7 Å². The fourth-order valence-electron chi connectivity index (χ4n) is 3.63. The number of halogens is 2. The van der Waals surface area contributed by atoms with Gasteiger partial charge >= 0.3 is 0 Å². The zero-order valence-corrected chi connectivity index (χ0v) is 19.7. The summed E-state index contributed by atoms with van der Waals surface area (Å²) in [5.74, 6) is 1.35. The number of β-amino-alcohol motifs (C(OH)–C–C–N with tert-alkyl or cyclic N) is 1. The molecule has 1 atom stereocenters. The average molecular weight is 469 g/mol. The van der Waals surface area contributed by atoms with E-state index < -0.39 is 6.10 Å². The van der Waals surface area contributed by atoms with Gasteiger partial charge in [-0.25, -0.2) is 0 Å². The van der Waals surface area contributed by atoms with Gasteiger partial charge in [0.2, 0.25) is 0 Å². The summed E-state index contributed by atoms with van der Waals surface area (Å²) in [5.41, 5.74) is 2.47. The number of nitrogens with zero attached hydrogens (tertiary/aromatic N) is 2. The van der Waals surface area contributed by atoms with Gasteiger partial charge in [-0.05, 0) is 29.7 Å². The molecule has 172 valence electrons. The quantitative estimate of drug-likeness (QED) is 0.536. The number of methoxy groups -OCH3 is 1. The third kappa shape index (κ3) is 8.71. The second-order valence-electron chi connectivity index (χ2n) is 7.51. The van der Waals surface area contributed by atoms with Crippen LogP contribution in [0, 0.1) is 0 Å². The minimum Gasteiger partial charge on any atom is -0.493 e. The van der Waals surface area contributed by atoms with Crippen LogP contribution in [-0.4, -0.2) is 67.5 Å². The highest BCUT2D eigenvalue weighted by Gasteiger charge is 2.20. The molecule has 1 aliphatic heterocycles. The Labute approximate surface area is 198 Å². The molecule has 1 saturated heterocycles. The predicted octanol–water partition coefficient (Wildman–Crippen LogP) is 3.82. The van der Waals surface area contributed by atoms with Gasteiger partial charge in [-0.3, -0.25) is 9.80 Å². The lowest BCUT2D eigenvalue weighted by atomic mass is 10.1. The van der Waals surface area contributed by atoms with Crippen molar-refractivity contribution < 1.29 is 14.6 Å². The largest absolute Gasteiger partial charge is 0.493 e. The molecule has 31 heavy (non-hydrogen) atoms. The average Bonchev–Trinajstić information content (AvgIpc) is 2.75. The lowest BCUT2D eigenvalue weighted by Gasteiger charge is -2.35. The first-order valence-electron chi connectivity index (χ1n) is 10.2. The molecule has 2 aromatic carbocycles. The Morgan fingerprint density at radius 3 is 2.29 bits per heavy atom. The number of benzene rings is 2. The van der Waals surface area contributed by atoms with E-state index in [1.807, 2.05) is 24.3 Å². The van der Waals surface area contributed by atoms with E-state index in [9.17, 15) is 5.11 Å². The van der Waals surface area contributed by atoms with Crippen LogP contribution in [0.5, 0.6) is 11.5 Å². The van der Waals surface area contributed by atoms with Gasteiger partial charge < -0.3 is 14.6 Å². The number of piperazine rings is 1. The Bertz CT molecular complexity index is 769. The Morgan fingerprint density at radius 2 is 1.65 bits per heavy atom. The summed E-state index contributed by atoms with van der Waals surface area (Å²) in [4.78, 5) is 4.77. The second-order valence-corrected chi connectivity index (χ2v) is 7.51. The SMILES string of the molecule is C=CCc1ccc(OCC(O)CN2CCN(Cc3ccccc3)CC2)c(OC)c1.Cl.Cl. The highest BCUT2D eigenvalue weighted by molar-refractivity contribution is 5.85. The highest BCUT2D eigenvalue weighted by Crippen LogP contribution is 2.28. The number of hydrogen-bond acceptors (Lipinski definition) is 5. The summed E-state index contributed by atoms with van der Waals surface area (Å²) in [6, 6.07) is 16.4. The van der Waals surface area contributed by atoms with Crippen LogP contribution < -0.4 is 9.47 Å². The van der Waals surface area contributed by atoms with E-state index >= 15 is 0 Å². The van der Waals surface area contributed by atoms with Crippen LogP contribution in [0.1, 0.15) is 11.1 Å². The Hall–Kier alpha value is -1.76.